The molecule has 3 atom stereocenters. The second-order valence-corrected chi connectivity index (χ2v) is 8.57. The first-order valence-electron chi connectivity index (χ1n) is 10.5. The van der Waals surface area contributed by atoms with Gasteiger partial charge in [0, 0.05) is 47.0 Å². The van der Waals surface area contributed by atoms with E-state index >= 15 is 0 Å². The number of aromatic nitrogens is 5. The molecule has 170 valence electrons. The summed E-state index contributed by atoms with van der Waals surface area (Å²) in [6.07, 6.45) is 2.07. The number of benzene rings is 1. The Labute approximate surface area is 193 Å². The zero-order valence-corrected chi connectivity index (χ0v) is 18.7. The van der Waals surface area contributed by atoms with Crippen LogP contribution in [0.2, 0.25) is 5.02 Å². The Kier molecular flexibility index (Phi) is 5.26. The van der Waals surface area contributed by atoms with Crippen LogP contribution in [0.25, 0.3) is 22.2 Å². The number of nitrogen functional groups attached to an aromatic ring is 1. The summed E-state index contributed by atoms with van der Waals surface area (Å²) in [6, 6.07) is 6.72. The van der Waals surface area contributed by atoms with Gasteiger partial charge >= 0.3 is 0 Å². The van der Waals surface area contributed by atoms with E-state index in [-0.39, 0.29) is 41.9 Å². The molecule has 0 radical (unpaired) electrons. The number of halogens is 1. The van der Waals surface area contributed by atoms with Crippen molar-refractivity contribution in [2.24, 2.45) is 5.92 Å². The van der Waals surface area contributed by atoms with Crippen molar-refractivity contribution in [1.29, 1.82) is 0 Å². The number of aliphatic hydroxyl groups excluding tert-OH is 1. The highest BCUT2D eigenvalue weighted by atomic mass is 35.5. The van der Waals surface area contributed by atoms with Crippen molar-refractivity contribution in [3.63, 3.8) is 0 Å². The van der Waals surface area contributed by atoms with Gasteiger partial charge in [-0.3, -0.25) is 4.79 Å². The molecule has 1 saturated carbocycles. The molecular weight excluding hydrogens is 446 g/mol. The van der Waals surface area contributed by atoms with Gasteiger partial charge in [0.1, 0.15) is 23.5 Å². The molecule has 5 rings (SSSR count). The topological polar surface area (TPSA) is 145 Å². The number of fused-ring (bicyclic) bond motifs is 1. The van der Waals surface area contributed by atoms with Gasteiger partial charge in [-0.05, 0) is 31.5 Å². The summed E-state index contributed by atoms with van der Waals surface area (Å²) in [5.74, 6) is 1.20. The van der Waals surface area contributed by atoms with E-state index in [1.54, 1.807) is 29.7 Å². The molecule has 1 aliphatic rings. The third-order valence-corrected chi connectivity index (χ3v) is 6.27. The summed E-state index contributed by atoms with van der Waals surface area (Å²) < 4.78 is 7.30. The predicted octanol–water partition coefficient (Wildman–Crippen LogP) is 3.11. The number of nitrogens with two attached hydrogens (primary N) is 1. The van der Waals surface area contributed by atoms with E-state index in [0.29, 0.717) is 38.8 Å². The summed E-state index contributed by atoms with van der Waals surface area (Å²) in [6.45, 7) is 3.61. The second kappa shape index (κ2) is 8.13. The second-order valence-electron chi connectivity index (χ2n) is 8.17. The van der Waals surface area contributed by atoms with Crippen LogP contribution in [-0.2, 0) is 0 Å². The fraction of sp³-hybridized carbons (Fsp3) is 0.318. The molecule has 0 bridgehead atoms. The number of rotatable bonds is 6. The lowest BCUT2D eigenvalue weighted by molar-refractivity contribution is 0.268. The van der Waals surface area contributed by atoms with Crippen molar-refractivity contribution in [2.45, 2.75) is 32.4 Å². The molecular formula is C22H22ClN7O3. The van der Waals surface area contributed by atoms with Crippen molar-refractivity contribution < 1.29 is 9.52 Å². The van der Waals surface area contributed by atoms with Crippen molar-refractivity contribution >= 4 is 34.0 Å². The van der Waals surface area contributed by atoms with E-state index in [9.17, 15) is 9.90 Å². The molecule has 3 heterocycles. The van der Waals surface area contributed by atoms with E-state index in [0.717, 1.165) is 6.42 Å². The van der Waals surface area contributed by atoms with E-state index in [4.69, 9.17) is 21.8 Å². The maximum absolute atomic E-state index is 13.5. The normalized spacial score (nSPS) is 18.4. The van der Waals surface area contributed by atoms with Crippen LogP contribution in [0.1, 0.15) is 37.0 Å². The van der Waals surface area contributed by atoms with Crippen LogP contribution >= 0.6 is 11.6 Å². The number of nitrogens with one attached hydrogen (secondary N) is 1. The lowest BCUT2D eigenvalue weighted by Gasteiger charge is -2.22. The van der Waals surface area contributed by atoms with Crippen LogP contribution < -0.4 is 16.6 Å². The Hall–Kier alpha value is -3.50. The smallest absolute Gasteiger partial charge is 0.259 e. The molecule has 33 heavy (non-hydrogen) atoms. The zero-order chi connectivity index (χ0) is 23.3. The summed E-state index contributed by atoms with van der Waals surface area (Å²) in [4.78, 5) is 21.8. The summed E-state index contributed by atoms with van der Waals surface area (Å²) >= 11 is 6.42. The SMILES string of the molecule is Cc1nnc(-c2c(N)ncnc2N[C@@H](C)c2cc3c(Cl)cccc3c(=O)n2C2CC2CO)o1. The van der Waals surface area contributed by atoms with E-state index in [1.807, 2.05) is 13.0 Å². The van der Waals surface area contributed by atoms with Gasteiger partial charge in [-0.15, -0.1) is 10.2 Å². The molecule has 11 heteroatoms. The summed E-state index contributed by atoms with van der Waals surface area (Å²) in [7, 11) is 0. The Morgan fingerprint density at radius 1 is 1.33 bits per heavy atom. The van der Waals surface area contributed by atoms with Crippen LogP contribution in [0.4, 0.5) is 11.6 Å². The average molecular weight is 468 g/mol. The van der Waals surface area contributed by atoms with Crippen LogP contribution in [0.5, 0.6) is 0 Å². The maximum atomic E-state index is 13.5. The highest BCUT2D eigenvalue weighted by molar-refractivity contribution is 6.35. The fourth-order valence-corrected chi connectivity index (χ4v) is 4.38. The number of nitrogens with zero attached hydrogens (tertiary/aromatic N) is 5. The Morgan fingerprint density at radius 3 is 2.85 bits per heavy atom. The number of hydrogen-bond acceptors (Lipinski definition) is 9. The van der Waals surface area contributed by atoms with Crippen LogP contribution in [0, 0.1) is 12.8 Å². The molecule has 0 saturated heterocycles. The van der Waals surface area contributed by atoms with Crippen molar-refractivity contribution in [3.05, 3.63) is 57.6 Å². The zero-order valence-electron chi connectivity index (χ0n) is 18.0. The quantitative estimate of drug-likeness (QED) is 0.389. The van der Waals surface area contributed by atoms with Gasteiger partial charge in [0.25, 0.3) is 11.4 Å². The minimum Gasteiger partial charge on any atom is -0.421 e. The monoisotopic (exact) mass is 467 g/mol. The number of anilines is 2. The molecule has 4 aromatic rings. The van der Waals surface area contributed by atoms with Crippen molar-refractivity contribution in [1.82, 2.24) is 24.7 Å². The van der Waals surface area contributed by atoms with Gasteiger partial charge < -0.3 is 25.1 Å². The highest BCUT2D eigenvalue weighted by Crippen LogP contribution is 2.44. The molecule has 4 N–H and O–H groups in total. The molecule has 0 aliphatic heterocycles. The number of aliphatic hydroxyl groups is 1. The van der Waals surface area contributed by atoms with Gasteiger partial charge in [-0.2, -0.15) is 0 Å². The molecule has 10 nitrogen and oxygen atoms in total. The molecule has 3 aromatic heterocycles. The van der Waals surface area contributed by atoms with Crippen molar-refractivity contribution in [2.75, 3.05) is 17.7 Å². The van der Waals surface area contributed by atoms with E-state index in [2.05, 4.69) is 25.5 Å². The van der Waals surface area contributed by atoms with Crippen molar-refractivity contribution in [3.8, 4) is 11.5 Å². The Bertz CT molecular complexity index is 1420. The highest BCUT2D eigenvalue weighted by Gasteiger charge is 2.40. The maximum Gasteiger partial charge on any atom is 0.259 e. The summed E-state index contributed by atoms with van der Waals surface area (Å²) in [5.41, 5.74) is 7.06. The van der Waals surface area contributed by atoms with Gasteiger partial charge in [0.15, 0.2) is 0 Å². The third kappa shape index (κ3) is 3.70. The number of pyridine rings is 1. The first-order chi connectivity index (χ1) is 15.9. The first kappa shape index (κ1) is 21.4. The molecule has 2 unspecified atom stereocenters. The molecule has 0 amide bonds. The molecule has 1 aromatic carbocycles. The lowest BCUT2D eigenvalue weighted by atomic mass is 10.1. The van der Waals surface area contributed by atoms with E-state index < -0.39 is 0 Å². The van der Waals surface area contributed by atoms with Crippen LogP contribution in [0.3, 0.4) is 0 Å². The third-order valence-electron chi connectivity index (χ3n) is 5.94. The van der Waals surface area contributed by atoms with Gasteiger partial charge in [0.2, 0.25) is 5.89 Å². The standard InChI is InChI=1S/C22H22ClN7O3/c1-10(27-20-18(19(24)25-9-26-20)21-29-28-11(2)33-21)16-7-14-13(4-3-5-15(14)23)22(32)30(16)17-6-12(17)8-31/h3-5,7,9-10,12,17,31H,6,8H2,1-2H3,(H3,24,25,26,27)/t10-,12?,17?/m0/s1. The largest absolute Gasteiger partial charge is 0.421 e. The first-order valence-corrected chi connectivity index (χ1v) is 10.9. The number of hydrogen-bond donors (Lipinski definition) is 3. The Balaban J connectivity index is 1.62. The predicted molar refractivity (Wildman–Crippen MR) is 124 cm³/mol. The fourth-order valence-electron chi connectivity index (χ4n) is 4.15. The minimum absolute atomic E-state index is 0.0229. The van der Waals surface area contributed by atoms with Crippen LogP contribution in [-0.4, -0.2) is 36.4 Å². The average Bonchev–Trinajstić information content (AvgIpc) is 3.45. The number of aryl methyl sites for hydroxylation is 1. The molecule has 1 fully saturated rings. The van der Waals surface area contributed by atoms with Gasteiger partial charge in [-0.25, -0.2) is 9.97 Å². The van der Waals surface area contributed by atoms with E-state index in [1.165, 1.54) is 6.33 Å². The minimum atomic E-state index is -0.379. The van der Waals surface area contributed by atoms with Gasteiger partial charge in [0.05, 0.1) is 6.04 Å². The molecule has 0 spiro atoms. The molecule has 1 aliphatic carbocycles. The summed E-state index contributed by atoms with van der Waals surface area (Å²) in [5, 5.41) is 22.6. The Morgan fingerprint density at radius 2 is 2.15 bits per heavy atom. The lowest BCUT2D eigenvalue weighted by Crippen LogP contribution is -2.27. The van der Waals surface area contributed by atoms with Crippen LogP contribution in [0.15, 0.2) is 39.8 Å². The van der Waals surface area contributed by atoms with Gasteiger partial charge in [-0.1, -0.05) is 17.7 Å².